The Bertz CT molecular complexity index is 1290. The van der Waals surface area contributed by atoms with Crippen LogP contribution in [0, 0.1) is 13.8 Å². The molecule has 0 radical (unpaired) electrons. The molecule has 4 nitrogen and oxygen atoms in total. The van der Waals surface area contributed by atoms with Crippen molar-refractivity contribution in [2.24, 2.45) is 0 Å². The Labute approximate surface area is 177 Å². The van der Waals surface area contributed by atoms with Crippen LogP contribution in [0.5, 0.6) is 0 Å². The first-order valence-corrected chi connectivity index (χ1v) is 10.1. The Hall–Kier alpha value is -3.40. The molecular weight excluding hydrogens is 370 g/mol. The zero-order chi connectivity index (χ0) is 21.6. The van der Waals surface area contributed by atoms with Crippen LogP contribution in [-0.4, -0.2) is 9.66 Å². The Morgan fingerprint density at radius 1 is 0.800 bits per heavy atom. The highest BCUT2D eigenvalue weighted by molar-refractivity contribution is 5.85. The molecule has 3 aromatic carbocycles. The molecule has 4 rings (SSSR count). The summed E-state index contributed by atoms with van der Waals surface area (Å²) in [5, 5.41) is 0.518. The van der Waals surface area contributed by atoms with Crippen molar-refractivity contribution in [3.8, 4) is 22.5 Å². The van der Waals surface area contributed by atoms with Crippen molar-refractivity contribution in [1.29, 1.82) is 0 Å². The van der Waals surface area contributed by atoms with Gasteiger partial charge in [0.15, 0.2) is 5.82 Å². The Morgan fingerprint density at radius 2 is 1.40 bits per heavy atom. The molecule has 0 aliphatic heterocycles. The van der Waals surface area contributed by atoms with Crippen LogP contribution in [0.1, 0.15) is 37.5 Å². The highest BCUT2D eigenvalue weighted by Gasteiger charge is 2.16. The molecule has 0 aliphatic carbocycles. The number of fused-ring (bicyclic) bond motifs is 1. The summed E-state index contributed by atoms with van der Waals surface area (Å²) in [6.45, 7) is 10.7. The van der Waals surface area contributed by atoms with Crippen LogP contribution in [0.4, 0.5) is 0 Å². The molecule has 0 fully saturated rings. The number of hydrogen-bond donors (Lipinski definition) is 1. The largest absolute Gasteiger partial charge is 0.334 e. The van der Waals surface area contributed by atoms with Gasteiger partial charge in [-0.3, -0.25) is 4.79 Å². The number of aryl methyl sites for hydroxylation is 2. The molecule has 4 heteroatoms. The van der Waals surface area contributed by atoms with Crippen molar-refractivity contribution in [3.63, 3.8) is 0 Å². The number of rotatable bonds is 2. The Balaban J connectivity index is 1.84. The molecule has 0 saturated heterocycles. The standard InChI is InChI=1S/C26H27N3O/c1-16-12-17(2)14-20(13-16)19-8-11-23-22(15-19)25(30)29(27)24(28-23)18-6-9-21(10-7-18)26(3,4)5/h6-15H,27H2,1-5H3. The van der Waals surface area contributed by atoms with Gasteiger partial charge >= 0.3 is 0 Å². The molecular formula is C26H27N3O. The average Bonchev–Trinajstić information content (AvgIpc) is 2.69. The minimum absolute atomic E-state index is 0.0578. The van der Waals surface area contributed by atoms with Crippen molar-refractivity contribution in [1.82, 2.24) is 9.66 Å². The maximum absolute atomic E-state index is 13.1. The van der Waals surface area contributed by atoms with Crippen LogP contribution in [0.2, 0.25) is 0 Å². The molecule has 0 unspecified atom stereocenters. The molecule has 1 aromatic heterocycles. The van der Waals surface area contributed by atoms with Gasteiger partial charge in [-0.15, -0.1) is 0 Å². The summed E-state index contributed by atoms with van der Waals surface area (Å²) in [6.07, 6.45) is 0. The van der Waals surface area contributed by atoms with E-state index >= 15 is 0 Å². The van der Waals surface area contributed by atoms with Gasteiger partial charge in [-0.2, -0.15) is 0 Å². The minimum atomic E-state index is -0.249. The number of hydrogen-bond acceptors (Lipinski definition) is 3. The predicted molar refractivity (Wildman–Crippen MR) is 125 cm³/mol. The van der Waals surface area contributed by atoms with Gasteiger partial charge in [-0.05, 0) is 48.1 Å². The number of nitrogens with two attached hydrogens (primary N) is 1. The number of nitrogen functional groups attached to an aromatic ring is 1. The monoisotopic (exact) mass is 397 g/mol. The Kier molecular flexibility index (Phi) is 4.73. The highest BCUT2D eigenvalue weighted by Crippen LogP contribution is 2.27. The van der Waals surface area contributed by atoms with Gasteiger partial charge in [0.25, 0.3) is 5.56 Å². The molecule has 0 amide bonds. The molecule has 0 bridgehead atoms. The summed E-state index contributed by atoms with van der Waals surface area (Å²) >= 11 is 0. The summed E-state index contributed by atoms with van der Waals surface area (Å²) in [6, 6.07) is 20.2. The van der Waals surface area contributed by atoms with E-state index in [0.29, 0.717) is 16.7 Å². The van der Waals surface area contributed by atoms with Gasteiger partial charge < -0.3 is 5.84 Å². The average molecular weight is 398 g/mol. The van der Waals surface area contributed by atoms with Gasteiger partial charge in [0, 0.05) is 5.56 Å². The van der Waals surface area contributed by atoms with E-state index in [4.69, 9.17) is 10.8 Å². The minimum Gasteiger partial charge on any atom is -0.334 e. The molecule has 0 atom stereocenters. The van der Waals surface area contributed by atoms with Gasteiger partial charge in [0.1, 0.15) is 0 Å². The molecule has 1 heterocycles. The fourth-order valence-corrected chi connectivity index (χ4v) is 3.84. The van der Waals surface area contributed by atoms with Crippen molar-refractivity contribution in [2.75, 3.05) is 5.84 Å². The molecule has 4 aromatic rings. The summed E-state index contributed by atoms with van der Waals surface area (Å²) in [5.41, 5.74) is 6.93. The fourth-order valence-electron chi connectivity index (χ4n) is 3.84. The van der Waals surface area contributed by atoms with Crippen LogP contribution in [0.15, 0.2) is 65.5 Å². The van der Waals surface area contributed by atoms with Gasteiger partial charge in [-0.25, -0.2) is 9.66 Å². The molecule has 0 spiro atoms. The van der Waals surface area contributed by atoms with Crippen molar-refractivity contribution in [2.45, 2.75) is 40.0 Å². The van der Waals surface area contributed by atoms with Crippen molar-refractivity contribution >= 4 is 10.9 Å². The molecule has 152 valence electrons. The maximum Gasteiger partial charge on any atom is 0.280 e. The van der Waals surface area contributed by atoms with E-state index in [1.165, 1.54) is 16.7 Å². The third-order valence-electron chi connectivity index (χ3n) is 5.46. The number of aromatic nitrogens is 2. The quantitative estimate of drug-likeness (QED) is 0.463. The third kappa shape index (κ3) is 3.61. The van der Waals surface area contributed by atoms with E-state index in [2.05, 4.69) is 65.0 Å². The number of benzene rings is 3. The van der Waals surface area contributed by atoms with Crippen LogP contribution in [-0.2, 0) is 5.41 Å². The van der Waals surface area contributed by atoms with Crippen LogP contribution < -0.4 is 11.4 Å². The normalized spacial score (nSPS) is 11.8. The zero-order valence-electron chi connectivity index (χ0n) is 18.2. The van der Waals surface area contributed by atoms with E-state index in [9.17, 15) is 4.79 Å². The Morgan fingerprint density at radius 3 is 2.00 bits per heavy atom. The lowest BCUT2D eigenvalue weighted by Crippen LogP contribution is -2.30. The van der Waals surface area contributed by atoms with Crippen molar-refractivity contribution < 1.29 is 0 Å². The van der Waals surface area contributed by atoms with E-state index in [1.54, 1.807) is 0 Å². The summed E-state index contributed by atoms with van der Waals surface area (Å²) < 4.78 is 1.15. The molecule has 0 aliphatic rings. The highest BCUT2D eigenvalue weighted by atomic mass is 16.1. The number of nitrogens with zero attached hydrogens (tertiary/aromatic N) is 2. The SMILES string of the molecule is Cc1cc(C)cc(-c2ccc3nc(-c4ccc(C(C)(C)C)cc4)n(N)c(=O)c3c2)c1. The first-order valence-electron chi connectivity index (χ1n) is 10.1. The van der Waals surface area contributed by atoms with Crippen LogP contribution in [0.3, 0.4) is 0 Å². The summed E-state index contributed by atoms with van der Waals surface area (Å²) in [7, 11) is 0. The second-order valence-electron chi connectivity index (χ2n) is 9.05. The molecule has 30 heavy (non-hydrogen) atoms. The van der Waals surface area contributed by atoms with Gasteiger partial charge in [-0.1, -0.05) is 80.4 Å². The van der Waals surface area contributed by atoms with Gasteiger partial charge in [0.2, 0.25) is 0 Å². The lowest BCUT2D eigenvalue weighted by molar-refractivity contribution is 0.590. The lowest BCUT2D eigenvalue weighted by Gasteiger charge is -2.19. The van der Waals surface area contributed by atoms with Crippen molar-refractivity contribution in [3.05, 3.63) is 87.7 Å². The summed E-state index contributed by atoms with van der Waals surface area (Å²) in [4.78, 5) is 17.8. The van der Waals surface area contributed by atoms with E-state index in [1.807, 2.05) is 30.3 Å². The second-order valence-corrected chi connectivity index (χ2v) is 9.05. The first-order chi connectivity index (χ1) is 14.1. The summed E-state index contributed by atoms with van der Waals surface area (Å²) in [5.74, 6) is 6.65. The van der Waals surface area contributed by atoms with Crippen LogP contribution in [0.25, 0.3) is 33.4 Å². The zero-order valence-corrected chi connectivity index (χ0v) is 18.2. The third-order valence-corrected chi connectivity index (χ3v) is 5.46. The van der Waals surface area contributed by atoms with E-state index in [-0.39, 0.29) is 11.0 Å². The van der Waals surface area contributed by atoms with E-state index in [0.717, 1.165) is 21.4 Å². The maximum atomic E-state index is 13.1. The molecule has 2 N–H and O–H groups in total. The van der Waals surface area contributed by atoms with Crippen LogP contribution >= 0.6 is 0 Å². The smallest absolute Gasteiger partial charge is 0.280 e. The first kappa shape index (κ1) is 19.9. The predicted octanol–water partition coefficient (Wildman–Crippen LogP) is 5.36. The lowest BCUT2D eigenvalue weighted by atomic mass is 9.86. The van der Waals surface area contributed by atoms with Gasteiger partial charge in [0.05, 0.1) is 10.9 Å². The fraction of sp³-hybridized carbons (Fsp3) is 0.231. The second kappa shape index (κ2) is 7.13. The topological polar surface area (TPSA) is 60.9 Å². The van der Waals surface area contributed by atoms with E-state index < -0.39 is 0 Å². The molecule has 0 saturated carbocycles.